The first kappa shape index (κ1) is 11.7. The molecule has 1 atom stereocenters. The molecule has 0 amide bonds. The maximum absolute atomic E-state index is 5.81. The van der Waals surface area contributed by atoms with Crippen LogP contribution >= 0.6 is 0 Å². The topological polar surface area (TPSA) is 75.3 Å². The van der Waals surface area contributed by atoms with E-state index in [-0.39, 0.29) is 6.17 Å². The summed E-state index contributed by atoms with van der Waals surface area (Å²) < 4.78 is 0. The normalized spacial score (nSPS) is 18.7. The van der Waals surface area contributed by atoms with Crippen LogP contribution < -0.4 is 16.4 Å². The molecule has 3 rings (SSSR count). The van der Waals surface area contributed by atoms with E-state index < -0.39 is 0 Å². The van der Waals surface area contributed by atoms with Gasteiger partial charge in [-0.15, -0.1) is 0 Å². The quantitative estimate of drug-likeness (QED) is 0.747. The smallest absolute Gasteiger partial charge is 0.195 e. The summed E-state index contributed by atoms with van der Waals surface area (Å²) in [4.78, 5) is 8.51. The second kappa shape index (κ2) is 4.70. The van der Waals surface area contributed by atoms with E-state index in [4.69, 9.17) is 5.73 Å². The van der Waals surface area contributed by atoms with Crippen LogP contribution in [0.5, 0.6) is 0 Å². The molecule has 4 N–H and O–H groups in total. The zero-order valence-electron chi connectivity index (χ0n) is 10.6. The van der Waals surface area contributed by atoms with E-state index in [1.807, 2.05) is 43.7 Å². The average Bonchev–Trinajstić information content (AvgIpc) is 2.46. The second-order valence-electron chi connectivity index (χ2n) is 4.36. The van der Waals surface area contributed by atoms with Crippen molar-refractivity contribution in [1.82, 2.24) is 15.6 Å². The summed E-state index contributed by atoms with van der Waals surface area (Å²) in [5.74, 6) is 0.407. The fourth-order valence-corrected chi connectivity index (χ4v) is 2.19. The molecular weight excluding hydrogens is 238 g/mol. The van der Waals surface area contributed by atoms with E-state index >= 15 is 0 Å². The van der Waals surface area contributed by atoms with Gasteiger partial charge in [0, 0.05) is 29.0 Å². The van der Waals surface area contributed by atoms with Gasteiger partial charge in [-0.05, 0) is 18.5 Å². The Morgan fingerprint density at radius 3 is 2.95 bits per heavy atom. The highest BCUT2D eigenvalue weighted by atomic mass is 15.2. The van der Waals surface area contributed by atoms with Gasteiger partial charge in [-0.25, -0.2) is 4.99 Å². The molecule has 5 heteroatoms. The van der Waals surface area contributed by atoms with Crippen molar-refractivity contribution in [2.24, 2.45) is 10.7 Å². The lowest BCUT2D eigenvalue weighted by Gasteiger charge is -2.20. The molecule has 2 heterocycles. The van der Waals surface area contributed by atoms with Crippen LogP contribution in [0.3, 0.4) is 0 Å². The predicted molar refractivity (Wildman–Crippen MR) is 77.3 cm³/mol. The molecular formula is C14H15N5. The van der Waals surface area contributed by atoms with Gasteiger partial charge >= 0.3 is 0 Å². The van der Waals surface area contributed by atoms with Gasteiger partial charge in [0.05, 0.1) is 0 Å². The van der Waals surface area contributed by atoms with Gasteiger partial charge in [0.1, 0.15) is 6.17 Å². The Kier molecular flexibility index (Phi) is 2.89. The molecule has 5 nitrogen and oxygen atoms in total. The first-order valence-electron chi connectivity index (χ1n) is 6.10. The van der Waals surface area contributed by atoms with Crippen LogP contribution in [0, 0.1) is 0 Å². The van der Waals surface area contributed by atoms with Crippen molar-refractivity contribution in [1.29, 1.82) is 0 Å². The highest BCUT2D eigenvalue weighted by Crippen LogP contribution is 2.23. The summed E-state index contributed by atoms with van der Waals surface area (Å²) in [6.45, 7) is 0. The lowest BCUT2D eigenvalue weighted by molar-refractivity contribution is 0.688. The number of nitrogens with one attached hydrogen (secondary N) is 2. The zero-order valence-corrected chi connectivity index (χ0v) is 10.6. The van der Waals surface area contributed by atoms with Crippen molar-refractivity contribution >= 4 is 22.4 Å². The van der Waals surface area contributed by atoms with Gasteiger partial charge in [0.25, 0.3) is 0 Å². The third-order valence-electron chi connectivity index (χ3n) is 3.12. The first-order valence-corrected chi connectivity index (χ1v) is 6.10. The van der Waals surface area contributed by atoms with Gasteiger partial charge in [-0.1, -0.05) is 24.3 Å². The molecule has 1 aliphatic rings. The predicted octanol–water partition coefficient (Wildman–Crippen LogP) is 1.04. The van der Waals surface area contributed by atoms with Crippen molar-refractivity contribution in [2.45, 2.75) is 6.17 Å². The Bertz CT molecular complexity index is 669. The van der Waals surface area contributed by atoms with Crippen molar-refractivity contribution < 1.29 is 0 Å². The Balaban J connectivity index is 2.12. The Labute approximate surface area is 111 Å². The third-order valence-corrected chi connectivity index (χ3v) is 3.12. The molecule has 0 radical (unpaired) electrons. The molecule has 1 aromatic heterocycles. The molecule has 0 aliphatic carbocycles. The van der Waals surface area contributed by atoms with Crippen LogP contribution in [0.4, 0.5) is 0 Å². The number of aliphatic imine (C=N–C) groups is 1. The summed E-state index contributed by atoms with van der Waals surface area (Å²) in [7, 11) is 1.85. The standard InChI is InChI=1S/C14H15N5/c1-16-13-6-12(18-14(15)19-13)11-8-17-7-9-4-2-3-5-10(9)11/h2-8,13,16H,1H3,(H3,15,18,19). The van der Waals surface area contributed by atoms with E-state index in [2.05, 4.69) is 26.7 Å². The summed E-state index contributed by atoms with van der Waals surface area (Å²) in [6.07, 6.45) is 5.58. The van der Waals surface area contributed by atoms with Crippen LogP contribution in [0.1, 0.15) is 5.56 Å². The molecule has 1 unspecified atom stereocenters. The summed E-state index contributed by atoms with van der Waals surface area (Å²) >= 11 is 0. The van der Waals surface area contributed by atoms with Crippen molar-refractivity contribution in [2.75, 3.05) is 7.05 Å². The molecule has 0 spiro atoms. The monoisotopic (exact) mass is 253 g/mol. The molecule has 19 heavy (non-hydrogen) atoms. The SMILES string of the molecule is CNC1C=C(c2cncc3ccccc23)NC(N)=N1. The number of fused-ring (bicyclic) bond motifs is 1. The number of rotatable bonds is 2. The minimum absolute atomic E-state index is 0.116. The maximum atomic E-state index is 5.81. The van der Waals surface area contributed by atoms with Gasteiger partial charge in [0.2, 0.25) is 0 Å². The fourth-order valence-electron chi connectivity index (χ4n) is 2.19. The van der Waals surface area contributed by atoms with Crippen LogP contribution in [0.15, 0.2) is 47.7 Å². The molecule has 0 saturated heterocycles. The summed E-state index contributed by atoms with van der Waals surface area (Å²) in [5.41, 5.74) is 7.76. The number of hydrogen-bond donors (Lipinski definition) is 3. The molecule has 0 saturated carbocycles. The fraction of sp³-hybridized carbons (Fsp3) is 0.143. The first-order chi connectivity index (χ1) is 9.28. The number of hydrogen-bond acceptors (Lipinski definition) is 5. The lowest BCUT2D eigenvalue weighted by atomic mass is 10.0. The number of pyridine rings is 1. The highest BCUT2D eigenvalue weighted by Gasteiger charge is 2.15. The Hall–Kier alpha value is -2.40. The number of guanidine groups is 1. The molecule has 2 aromatic rings. The third kappa shape index (κ3) is 2.15. The van der Waals surface area contributed by atoms with Crippen LogP contribution in [-0.2, 0) is 0 Å². The number of aromatic nitrogens is 1. The molecule has 96 valence electrons. The van der Waals surface area contributed by atoms with E-state index in [0.29, 0.717) is 5.96 Å². The van der Waals surface area contributed by atoms with Crippen LogP contribution in [0.2, 0.25) is 0 Å². The maximum Gasteiger partial charge on any atom is 0.195 e. The zero-order chi connectivity index (χ0) is 13.2. The molecule has 0 fully saturated rings. The average molecular weight is 253 g/mol. The number of nitrogens with zero attached hydrogens (tertiary/aromatic N) is 2. The van der Waals surface area contributed by atoms with Gasteiger partial charge in [0.15, 0.2) is 5.96 Å². The summed E-state index contributed by atoms with van der Waals surface area (Å²) in [5, 5.41) is 8.42. The van der Waals surface area contributed by atoms with Crippen LogP contribution in [0.25, 0.3) is 16.5 Å². The lowest BCUT2D eigenvalue weighted by Crippen LogP contribution is -2.38. The van der Waals surface area contributed by atoms with Crippen molar-refractivity contribution in [3.8, 4) is 0 Å². The number of likely N-dealkylation sites (N-methyl/N-ethyl adjacent to an activating group) is 1. The minimum atomic E-state index is -0.116. The number of nitrogens with two attached hydrogens (primary N) is 1. The van der Waals surface area contributed by atoms with Crippen molar-refractivity contribution in [3.63, 3.8) is 0 Å². The molecule has 0 bridgehead atoms. The van der Waals surface area contributed by atoms with Crippen LogP contribution in [-0.4, -0.2) is 24.2 Å². The van der Waals surface area contributed by atoms with E-state index in [0.717, 1.165) is 22.0 Å². The van der Waals surface area contributed by atoms with Gasteiger partial charge < -0.3 is 11.1 Å². The second-order valence-corrected chi connectivity index (χ2v) is 4.36. The van der Waals surface area contributed by atoms with Gasteiger partial charge in [-0.2, -0.15) is 0 Å². The highest BCUT2D eigenvalue weighted by molar-refractivity contribution is 5.98. The molecule has 1 aliphatic heterocycles. The summed E-state index contributed by atoms with van der Waals surface area (Å²) in [6, 6.07) is 8.14. The van der Waals surface area contributed by atoms with Crippen molar-refractivity contribution in [3.05, 3.63) is 48.3 Å². The van der Waals surface area contributed by atoms with E-state index in [9.17, 15) is 0 Å². The number of benzene rings is 1. The minimum Gasteiger partial charge on any atom is -0.370 e. The van der Waals surface area contributed by atoms with E-state index in [1.54, 1.807) is 0 Å². The molecule has 1 aromatic carbocycles. The Morgan fingerprint density at radius 2 is 2.11 bits per heavy atom. The largest absolute Gasteiger partial charge is 0.370 e. The Morgan fingerprint density at radius 1 is 1.26 bits per heavy atom. The van der Waals surface area contributed by atoms with Gasteiger partial charge in [-0.3, -0.25) is 10.3 Å². The van der Waals surface area contributed by atoms with E-state index in [1.165, 1.54) is 0 Å².